The Balaban J connectivity index is 1.29. The van der Waals surface area contributed by atoms with Crippen LogP contribution in [0.5, 0.6) is 5.75 Å². The van der Waals surface area contributed by atoms with E-state index in [0.717, 1.165) is 35.1 Å². The summed E-state index contributed by atoms with van der Waals surface area (Å²) in [5, 5.41) is 3.38. The molecule has 1 aliphatic heterocycles. The highest BCUT2D eigenvalue weighted by molar-refractivity contribution is 7.15. The molecular formula is C22H23ClN4O2S. The first-order valence-electron chi connectivity index (χ1n) is 9.75. The number of rotatable bonds is 6. The van der Waals surface area contributed by atoms with Gasteiger partial charge in [-0.3, -0.25) is 4.79 Å². The van der Waals surface area contributed by atoms with Crippen molar-refractivity contribution in [1.29, 1.82) is 0 Å². The van der Waals surface area contributed by atoms with Gasteiger partial charge < -0.3 is 19.9 Å². The van der Waals surface area contributed by atoms with Crippen LogP contribution in [-0.4, -0.2) is 49.1 Å². The third kappa shape index (κ3) is 4.86. The van der Waals surface area contributed by atoms with E-state index in [4.69, 9.17) is 16.3 Å². The zero-order valence-corrected chi connectivity index (χ0v) is 18.2. The zero-order valence-electron chi connectivity index (χ0n) is 16.7. The molecule has 0 aliphatic carbocycles. The summed E-state index contributed by atoms with van der Waals surface area (Å²) in [6.45, 7) is 3.74. The molecule has 0 saturated carbocycles. The molecule has 1 saturated heterocycles. The quantitative estimate of drug-likeness (QED) is 0.614. The van der Waals surface area contributed by atoms with Crippen LogP contribution in [-0.2, 0) is 6.54 Å². The van der Waals surface area contributed by atoms with Crippen LogP contribution in [0, 0.1) is 0 Å². The Hall–Kier alpha value is -2.77. The maximum absolute atomic E-state index is 12.7. The van der Waals surface area contributed by atoms with Gasteiger partial charge in [-0.25, -0.2) is 4.98 Å². The highest BCUT2D eigenvalue weighted by Gasteiger charge is 2.22. The Kier molecular flexibility index (Phi) is 6.40. The summed E-state index contributed by atoms with van der Waals surface area (Å²) in [6, 6.07) is 15.7. The van der Waals surface area contributed by atoms with Gasteiger partial charge in [0, 0.05) is 54.2 Å². The molecule has 8 heteroatoms. The number of ether oxygens (including phenoxy) is 1. The van der Waals surface area contributed by atoms with Crippen LogP contribution < -0.4 is 15.0 Å². The number of piperazine rings is 1. The first kappa shape index (κ1) is 20.5. The predicted octanol–water partition coefficient (Wildman–Crippen LogP) is 4.38. The van der Waals surface area contributed by atoms with E-state index in [0.29, 0.717) is 29.7 Å². The SMILES string of the molecule is COc1ccc(C(=O)N2CCN(c3ccc(NCc4cnc(Cl)s4)cc3)CC2)cc1. The van der Waals surface area contributed by atoms with Crippen LogP contribution >= 0.6 is 22.9 Å². The number of halogens is 1. The van der Waals surface area contributed by atoms with Crippen molar-refractivity contribution < 1.29 is 9.53 Å². The van der Waals surface area contributed by atoms with Gasteiger partial charge in [0.25, 0.3) is 5.91 Å². The van der Waals surface area contributed by atoms with Gasteiger partial charge in [0.2, 0.25) is 0 Å². The van der Waals surface area contributed by atoms with Crippen molar-refractivity contribution in [1.82, 2.24) is 9.88 Å². The van der Waals surface area contributed by atoms with Crippen molar-refractivity contribution in [2.45, 2.75) is 6.54 Å². The molecule has 1 amide bonds. The normalized spacial score (nSPS) is 13.9. The minimum Gasteiger partial charge on any atom is -0.497 e. The lowest BCUT2D eigenvalue weighted by molar-refractivity contribution is 0.0747. The number of benzene rings is 2. The highest BCUT2D eigenvalue weighted by atomic mass is 35.5. The number of methoxy groups -OCH3 is 1. The Morgan fingerprint density at radius 3 is 2.40 bits per heavy atom. The molecule has 6 nitrogen and oxygen atoms in total. The van der Waals surface area contributed by atoms with Crippen LogP contribution in [0.3, 0.4) is 0 Å². The number of anilines is 2. The lowest BCUT2D eigenvalue weighted by Crippen LogP contribution is -2.48. The van der Waals surface area contributed by atoms with Crippen molar-refractivity contribution in [3.05, 3.63) is 69.6 Å². The number of hydrogen-bond acceptors (Lipinski definition) is 6. The van der Waals surface area contributed by atoms with Crippen molar-refractivity contribution in [2.75, 3.05) is 43.5 Å². The van der Waals surface area contributed by atoms with E-state index in [9.17, 15) is 4.79 Å². The summed E-state index contributed by atoms with van der Waals surface area (Å²) in [5.74, 6) is 0.824. The molecule has 0 spiro atoms. The average molecular weight is 443 g/mol. The van der Waals surface area contributed by atoms with Crippen molar-refractivity contribution in [3.8, 4) is 5.75 Å². The largest absolute Gasteiger partial charge is 0.497 e. The number of nitrogens with one attached hydrogen (secondary N) is 1. The molecule has 0 unspecified atom stereocenters. The van der Waals surface area contributed by atoms with Gasteiger partial charge >= 0.3 is 0 Å². The number of thiazole rings is 1. The van der Waals surface area contributed by atoms with Crippen LogP contribution in [0.15, 0.2) is 54.7 Å². The van der Waals surface area contributed by atoms with Gasteiger partial charge in [-0.1, -0.05) is 11.6 Å². The summed E-state index contributed by atoms with van der Waals surface area (Å²) in [4.78, 5) is 22.1. The first-order chi connectivity index (χ1) is 14.6. The van der Waals surface area contributed by atoms with Crippen LogP contribution in [0.4, 0.5) is 11.4 Å². The van der Waals surface area contributed by atoms with E-state index in [2.05, 4.69) is 39.5 Å². The van der Waals surface area contributed by atoms with Gasteiger partial charge in [-0.2, -0.15) is 0 Å². The molecular weight excluding hydrogens is 420 g/mol. The van der Waals surface area contributed by atoms with E-state index < -0.39 is 0 Å². The molecule has 1 N–H and O–H groups in total. The summed E-state index contributed by atoms with van der Waals surface area (Å²) in [5.41, 5.74) is 2.91. The second kappa shape index (κ2) is 9.36. The number of nitrogens with zero attached hydrogens (tertiary/aromatic N) is 3. The fraction of sp³-hybridized carbons (Fsp3) is 0.273. The maximum atomic E-state index is 12.7. The third-order valence-corrected chi connectivity index (χ3v) is 6.24. The van der Waals surface area contributed by atoms with Crippen molar-refractivity contribution in [2.24, 2.45) is 0 Å². The number of hydrogen-bond donors (Lipinski definition) is 1. The third-order valence-electron chi connectivity index (χ3n) is 5.13. The van der Waals surface area contributed by atoms with Crippen LogP contribution in [0.1, 0.15) is 15.2 Å². The summed E-state index contributed by atoms with van der Waals surface area (Å²) < 4.78 is 5.72. The standard InChI is InChI=1S/C22H23ClN4O2S/c1-29-19-8-2-16(3-9-19)21(28)27-12-10-26(11-13-27)18-6-4-17(5-7-18)24-14-20-15-25-22(23)30-20/h2-9,15,24H,10-14H2,1H3. The molecule has 1 aliphatic rings. The first-order valence-corrected chi connectivity index (χ1v) is 10.9. The summed E-state index contributed by atoms with van der Waals surface area (Å²) in [6.07, 6.45) is 1.79. The Labute approximate surface area is 185 Å². The van der Waals surface area contributed by atoms with Gasteiger partial charge in [-0.05, 0) is 48.5 Å². The Bertz CT molecular complexity index is 983. The van der Waals surface area contributed by atoms with E-state index in [1.807, 2.05) is 29.2 Å². The molecule has 4 rings (SSSR count). The van der Waals surface area contributed by atoms with Crippen molar-refractivity contribution >= 4 is 40.2 Å². The van der Waals surface area contributed by atoms with Gasteiger partial charge in [0.05, 0.1) is 13.7 Å². The van der Waals surface area contributed by atoms with E-state index >= 15 is 0 Å². The molecule has 30 heavy (non-hydrogen) atoms. The highest BCUT2D eigenvalue weighted by Crippen LogP contribution is 2.22. The van der Waals surface area contributed by atoms with Crippen LogP contribution in [0.25, 0.3) is 0 Å². The zero-order chi connectivity index (χ0) is 20.9. The fourth-order valence-corrected chi connectivity index (χ4v) is 4.35. The molecule has 2 heterocycles. The number of aromatic nitrogens is 1. The number of amides is 1. The van der Waals surface area contributed by atoms with Gasteiger partial charge in [-0.15, -0.1) is 11.3 Å². The average Bonchev–Trinajstić information content (AvgIpc) is 3.23. The lowest BCUT2D eigenvalue weighted by atomic mass is 10.1. The second-order valence-electron chi connectivity index (χ2n) is 6.99. The summed E-state index contributed by atoms with van der Waals surface area (Å²) in [7, 11) is 1.62. The van der Waals surface area contributed by atoms with Crippen molar-refractivity contribution in [3.63, 3.8) is 0 Å². The molecule has 2 aromatic carbocycles. The van der Waals surface area contributed by atoms with Crippen LogP contribution in [0.2, 0.25) is 4.47 Å². The lowest BCUT2D eigenvalue weighted by Gasteiger charge is -2.36. The van der Waals surface area contributed by atoms with Gasteiger partial charge in [0.1, 0.15) is 5.75 Å². The topological polar surface area (TPSA) is 57.7 Å². The molecule has 3 aromatic rings. The smallest absolute Gasteiger partial charge is 0.253 e. The van der Waals surface area contributed by atoms with Gasteiger partial charge in [0.15, 0.2) is 4.47 Å². The fourth-order valence-electron chi connectivity index (χ4n) is 3.43. The predicted molar refractivity (Wildman–Crippen MR) is 122 cm³/mol. The minimum absolute atomic E-state index is 0.0695. The Morgan fingerprint density at radius 2 is 1.80 bits per heavy atom. The molecule has 0 radical (unpaired) electrons. The minimum atomic E-state index is 0.0695. The maximum Gasteiger partial charge on any atom is 0.253 e. The van der Waals surface area contributed by atoms with E-state index in [1.54, 1.807) is 13.3 Å². The molecule has 1 aromatic heterocycles. The van der Waals surface area contributed by atoms with E-state index in [-0.39, 0.29) is 5.91 Å². The molecule has 0 atom stereocenters. The molecule has 0 bridgehead atoms. The Morgan fingerprint density at radius 1 is 1.10 bits per heavy atom. The molecule has 1 fully saturated rings. The number of carbonyl (C=O) groups is 1. The van der Waals surface area contributed by atoms with E-state index in [1.165, 1.54) is 11.3 Å². The monoisotopic (exact) mass is 442 g/mol. The molecule has 156 valence electrons. The summed E-state index contributed by atoms with van der Waals surface area (Å²) >= 11 is 7.35. The second-order valence-corrected chi connectivity index (χ2v) is 8.69. The number of carbonyl (C=O) groups excluding carboxylic acids is 1.